The summed E-state index contributed by atoms with van der Waals surface area (Å²) in [5.74, 6) is -0.232. The largest absolute Gasteiger partial charge is 0.346 e. The van der Waals surface area contributed by atoms with Crippen molar-refractivity contribution in [2.24, 2.45) is 0 Å². The topological polar surface area (TPSA) is 18.5 Å². The number of piperazine rings is 1. The van der Waals surface area contributed by atoms with E-state index in [0.717, 1.165) is 43.5 Å². The molecule has 104 valence electrons. The lowest BCUT2D eigenvalue weighted by Crippen LogP contribution is -2.49. The lowest BCUT2D eigenvalue weighted by Gasteiger charge is -2.36. The number of hydrogen-bond donors (Lipinski definition) is 1. The second-order valence-corrected chi connectivity index (χ2v) is 5.15. The van der Waals surface area contributed by atoms with Gasteiger partial charge in [-0.1, -0.05) is 6.92 Å². The summed E-state index contributed by atoms with van der Waals surface area (Å²) in [5, 5.41) is 3.88. The maximum absolute atomic E-state index is 12.8. The first kappa shape index (κ1) is 14.2. The number of thiocarbonyl (C=S) groups is 1. The number of rotatable bonds is 3. The predicted molar refractivity (Wildman–Crippen MR) is 80.9 cm³/mol. The third-order valence-electron chi connectivity index (χ3n) is 3.29. The van der Waals surface area contributed by atoms with Crippen molar-refractivity contribution in [1.82, 2.24) is 9.80 Å². The first-order valence-electron chi connectivity index (χ1n) is 6.73. The van der Waals surface area contributed by atoms with Crippen LogP contribution in [0.2, 0.25) is 0 Å². The minimum atomic E-state index is -0.232. The number of nitrogens with one attached hydrogen (secondary N) is 1. The van der Waals surface area contributed by atoms with Gasteiger partial charge in [-0.15, -0.1) is 0 Å². The highest BCUT2D eigenvalue weighted by Gasteiger charge is 2.18. The molecule has 3 nitrogen and oxygen atoms in total. The molecule has 1 saturated heterocycles. The monoisotopic (exact) mass is 281 g/mol. The quantitative estimate of drug-likeness (QED) is 0.858. The Kier molecular flexibility index (Phi) is 5.10. The van der Waals surface area contributed by atoms with Gasteiger partial charge in [0.1, 0.15) is 5.82 Å². The van der Waals surface area contributed by atoms with Gasteiger partial charge >= 0.3 is 0 Å². The number of nitrogens with zero attached hydrogens (tertiary/aromatic N) is 2. The van der Waals surface area contributed by atoms with Crippen molar-refractivity contribution in [3.63, 3.8) is 0 Å². The summed E-state index contributed by atoms with van der Waals surface area (Å²) in [4.78, 5) is 4.63. The van der Waals surface area contributed by atoms with E-state index in [9.17, 15) is 4.39 Å². The van der Waals surface area contributed by atoms with Gasteiger partial charge in [-0.25, -0.2) is 4.39 Å². The SMILES string of the molecule is CCCN1CCN(C(=S)Nc2ccc(F)cc2)CC1. The Morgan fingerprint density at radius 2 is 1.84 bits per heavy atom. The average molecular weight is 281 g/mol. The summed E-state index contributed by atoms with van der Waals surface area (Å²) in [6.45, 7) is 7.37. The Balaban J connectivity index is 1.83. The van der Waals surface area contributed by atoms with Crippen LogP contribution < -0.4 is 5.32 Å². The van der Waals surface area contributed by atoms with E-state index in [1.165, 1.54) is 18.6 Å². The highest BCUT2D eigenvalue weighted by atomic mass is 32.1. The molecule has 0 aromatic heterocycles. The van der Waals surface area contributed by atoms with Crippen molar-refractivity contribution in [2.75, 3.05) is 38.0 Å². The Bertz CT molecular complexity index is 413. The molecule has 0 amide bonds. The molecule has 5 heteroatoms. The molecule has 0 aliphatic carbocycles. The Morgan fingerprint density at radius 1 is 1.21 bits per heavy atom. The van der Waals surface area contributed by atoms with Crippen LogP contribution in [0.15, 0.2) is 24.3 Å². The van der Waals surface area contributed by atoms with Crippen molar-refractivity contribution in [1.29, 1.82) is 0 Å². The minimum absolute atomic E-state index is 0.232. The van der Waals surface area contributed by atoms with Gasteiger partial charge in [0.15, 0.2) is 5.11 Å². The Morgan fingerprint density at radius 3 is 2.42 bits per heavy atom. The maximum Gasteiger partial charge on any atom is 0.173 e. The summed E-state index contributed by atoms with van der Waals surface area (Å²) in [7, 11) is 0. The molecule has 0 unspecified atom stereocenters. The van der Waals surface area contributed by atoms with Crippen LogP contribution in [0.25, 0.3) is 0 Å². The summed E-state index contributed by atoms with van der Waals surface area (Å²) in [5.41, 5.74) is 0.836. The molecule has 19 heavy (non-hydrogen) atoms. The van der Waals surface area contributed by atoms with Crippen molar-refractivity contribution in [2.45, 2.75) is 13.3 Å². The van der Waals surface area contributed by atoms with Crippen LogP contribution in [0.3, 0.4) is 0 Å². The lowest BCUT2D eigenvalue weighted by atomic mass is 10.3. The van der Waals surface area contributed by atoms with Crippen LogP contribution in [-0.2, 0) is 0 Å². The van der Waals surface area contributed by atoms with Gasteiger partial charge in [0.25, 0.3) is 0 Å². The molecule has 2 rings (SSSR count). The highest BCUT2D eigenvalue weighted by molar-refractivity contribution is 7.80. The molecule has 0 bridgehead atoms. The van der Waals surface area contributed by atoms with Crippen LogP contribution in [0.4, 0.5) is 10.1 Å². The predicted octanol–water partition coefficient (Wildman–Crippen LogP) is 2.55. The van der Waals surface area contributed by atoms with Crippen LogP contribution in [0.5, 0.6) is 0 Å². The highest BCUT2D eigenvalue weighted by Crippen LogP contribution is 2.11. The van der Waals surface area contributed by atoms with Gasteiger partial charge in [-0.2, -0.15) is 0 Å². The van der Waals surface area contributed by atoms with E-state index >= 15 is 0 Å². The van der Waals surface area contributed by atoms with Crippen LogP contribution in [-0.4, -0.2) is 47.6 Å². The van der Waals surface area contributed by atoms with Gasteiger partial charge in [0.2, 0.25) is 0 Å². The molecular formula is C14H20FN3S. The van der Waals surface area contributed by atoms with Crippen molar-refractivity contribution < 1.29 is 4.39 Å². The van der Waals surface area contributed by atoms with E-state index in [-0.39, 0.29) is 5.82 Å². The number of benzene rings is 1. The lowest BCUT2D eigenvalue weighted by molar-refractivity contribution is 0.184. The fourth-order valence-electron chi connectivity index (χ4n) is 2.23. The van der Waals surface area contributed by atoms with E-state index in [4.69, 9.17) is 12.2 Å². The van der Waals surface area contributed by atoms with Gasteiger partial charge in [-0.05, 0) is 49.4 Å². The summed E-state index contributed by atoms with van der Waals surface area (Å²) < 4.78 is 12.8. The normalized spacial score (nSPS) is 16.4. The molecule has 1 aliphatic rings. The van der Waals surface area contributed by atoms with Crippen LogP contribution in [0, 0.1) is 5.82 Å². The van der Waals surface area contributed by atoms with Gasteiger partial charge in [0.05, 0.1) is 0 Å². The van der Waals surface area contributed by atoms with E-state index < -0.39 is 0 Å². The van der Waals surface area contributed by atoms with E-state index in [2.05, 4.69) is 22.0 Å². The zero-order valence-electron chi connectivity index (χ0n) is 11.2. The van der Waals surface area contributed by atoms with Gasteiger partial charge in [0, 0.05) is 31.9 Å². The van der Waals surface area contributed by atoms with Gasteiger partial charge in [-0.3, -0.25) is 4.90 Å². The van der Waals surface area contributed by atoms with Crippen molar-refractivity contribution in [3.05, 3.63) is 30.1 Å². The maximum atomic E-state index is 12.8. The Hall–Kier alpha value is -1.20. The number of hydrogen-bond acceptors (Lipinski definition) is 2. The molecule has 0 saturated carbocycles. The molecule has 1 aromatic carbocycles. The minimum Gasteiger partial charge on any atom is -0.346 e. The molecule has 0 radical (unpaired) electrons. The molecule has 1 aliphatic heterocycles. The summed E-state index contributed by atoms with van der Waals surface area (Å²) >= 11 is 5.39. The molecule has 0 spiro atoms. The summed E-state index contributed by atoms with van der Waals surface area (Å²) in [6.07, 6.45) is 1.19. The third-order valence-corrected chi connectivity index (χ3v) is 3.66. The van der Waals surface area contributed by atoms with Crippen LogP contribution >= 0.6 is 12.2 Å². The number of anilines is 1. The first-order valence-corrected chi connectivity index (χ1v) is 7.13. The molecule has 1 heterocycles. The average Bonchev–Trinajstić information content (AvgIpc) is 2.42. The van der Waals surface area contributed by atoms with E-state index in [1.807, 2.05) is 0 Å². The fraction of sp³-hybridized carbons (Fsp3) is 0.500. The standard InChI is InChI=1S/C14H20FN3S/c1-2-7-17-8-10-18(11-9-17)14(19)16-13-5-3-12(15)4-6-13/h3-6H,2,7-11H2,1H3,(H,16,19). The zero-order valence-corrected chi connectivity index (χ0v) is 12.0. The molecule has 0 atom stereocenters. The molecule has 1 aromatic rings. The van der Waals surface area contributed by atoms with Crippen LogP contribution in [0.1, 0.15) is 13.3 Å². The molecular weight excluding hydrogens is 261 g/mol. The van der Waals surface area contributed by atoms with E-state index in [1.54, 1.807) is 12.1 Å². The van der Waals surface area contributed by atoms with E-state index in [0.29, 0.717) is 0 Å². The smallest absolute Gasteiger partial charge is 0.173 e. The third kappa shape index (κ3) is 4.14. The second kappa shape index (κ2) is 6.82. The van der Waals surface area contributed by atoms with Crippen molar-refractivity contribution >= 4 is 23.0 Å². The van der Waals surface area contributed by atoms with Gasteiger partial charge < -0.3 is 10.2 Å². The van der Waals surface area contributed by atoms with Crippen molar-refractivity contribution in [3.8, 4) is 0 Å². The fourth-order valence-corrected chi connectivity index (χ4v) is 2.53. The zero-order chi connectivity index (χ0) is 13.7. The number of halogens is 1. The first-order chi connectivity index (χ1) is 9.19. The Labute approximate surface area is 119 Å². The summed E-state index contributed by atoms with van der Waals surface area (Å²) in [6, 6.07) is 6.28. The molecule has 1 N–H and O–H groups in total. The molecule has 1 fully saturated rings. The second-order valence-electron chi connectivity index (χ2n) is 4.77.